The maximum absolute atomic E-state index is 13.7. The van der Waals surface area contributed by atoms with E-state index in [1.807, 2.05) is 0 Å². The van der Waals surface area contributed by atoms with Crippen LogP contribution >= 0.6 is 0 Å². The molecule has 4 aromatic rings. The van der Waals surface area contributed by atoms with Gasteiger partial charge in [0.1, 0.15) is 0 Å². The molecule has 7 nitrogen and oxygen atoms in total. The molecule has 0 saturated carbocycles. The third kappa shape index (κ3) is 3.02. The highest BCUT2D eigenvalue weighted by Gasteiger charge is 2.29. The van der Waals surface area contributed by atoms with Crippen molar-refractivity contribution in [2.24, 2.45) is 7.05 Å². The van der Waals surface area contributed by atoms with Crippen LogP contribution in [0.5, 0.6) is 0 Å². The van der Waals surface area contributed by atoms with E-state index < -0.39 is 23.2 Å². The highest BCUT2D eigenvalue weighted by molar-refractivity contribution is 6.04. The van der Waals surface area contributed by atoms with E-state index in [0.29, 0.717) is 29.9 Å². The van der Waals surface area contributed by atoms with Crippen LogP contribution in [-0.2, 0) is 20.0 Å². The van der Waals surface area contributed by atoms with Crippen molar-refractivity contribution in [2.45, 2.75) is 13.0 Å². The standard InChI is InChI=1S/C21H15F3N4O3/c1-27-18(10-7-13(22)17(24)14(23)8-10)11-5-6-28(9-16(11)26-27)20(29)12-3-2-4-15-19(12)31-21(30)25-15/h2-4,7-8H,5-6,9H2,1H3,(H,25,30). The van der Waals surface area contributed by atoms with Crippen LogP contribution in [0.4, 0.5) is 13.2 Å². The highest BCUT2D eigenvalue weighted by Crippen LogP contribution is 2.32. The number of para-hydroxylation sites is 1. The number of nitrogens with one attached hydrogen (secondary N) is 1. The minimum absolute atomic E-state index is 0.166. The Morgan fingerprint density at radius 2 is 1.94 bits per heavy atom. The van der Waals surface area contributed by atoms with Crippen molar-refractivity contribution in [3.05, 3.63) is 75.2 Å². The summed E-state index contributed by atoms with van der Waals surface area (Å²) in [4.78, 5) is 28.7. The number of oxazole rings is 1. The van der Waals surface area contributed by atoms with Gasteiger partial charge in [0.2, 0.25) is 0 Å². The number of rotatable bonds is 2. The molecular formula is C21H15F3N4O3. The highest BCUT2D eigenvalue weighted by atomic mass is 19.2. The van der Waals surface area contributed by atoms with Crippen molar-refractivity contribution < 1.29 is 22.4 Å². The molecule has 0 bridgehead atoms. The number of halogens is 3. The zero-order valence-electron chi connectivity index (χ0n) is 16.2. The molecule has 1 N–H and O–H groups in total. The van der Waals surface area contributed by atoms with Gasteiger partial charge < -0.3 is 9.32 Å². The van der Waals surface area contributed by atoms with Gasteiger partial charge in [-0.3, -0.25) is 14.5 Å². The number of aromatic amines is 1. The topological polar surface area (TPSA) is 84.1 Å². The number of benzene rings is 2. The average Bonchev–Trinajstić information content (AvgIpc) is 3.28. The van der Waals surface area contributed by atoms with E-state index in [0.717, 1.165) is 17.7 Å². The molecule has 2 aromatic carbocycles. The molecular weight excluding hydrogens is 413 g/mol. The summed E-state index contributed by atoms with van der Waals surface area (Å²) in [5, 5.41) is 4.41. The second kappa shape index (κ2) is 6.86. The second-order valence-electron chi connectivity index (χ2n) is 7.32. The number of fused-ring (bicyclic) bond motifs is 2. The molecule has 1 aliphatic heterocycles. The van der Waals surface area contributed by atoms with E-state index >= 15 is 0 Å². The van der Waals surface area contributed by atoms with Gasteiger partial charge in [0.15, 0.2) is 23.0 Å². The Labute approximate surface area is 172 Å². The fourth-order valence-corrected chi connectivity index (χ4v) is 4.06. The molecule has 31 heavy (non-hydrogen) atoms. The average molecular weight is 428 g/mol. The third-order valence-electron chi connectivity index (χ3n) is 5.42. The van der Waals surface area contributed by atoms with Crippen LogP contribution in [0.3, 0.4) is 0 Å². The summed E-state index contributed by atoms with van der Waals surface area (Å²) in [6, 6.07) is 6.72. The van der Waals surface area contributed by atoms with Crippen LogP contribution in [-0.4, -0.2) is 32.1 Å². The molecule has 0 aliphatic carbocycles. The number of hydrogen-bond acceptors (Lipinski definition) is 4. The Morgan fingerprint density at radius 1 is 1.19 bits per heavy atom. The quantitative estimate of drug-likeness (QED) is 0.497. The van der Waals surface area contributed by atoms with E-state index in [1.54, 1.807) is 30.1 Å². The van der Waals surface area contributed by atoms with Gasteiger partial charge in [-0.2, -0.15) is 5.10 Å². The van der Waals surface area contributed by atoms with Gasteiger partial charge in [-0.1, -0.05) is 6.07 Å². The first-order valence-corrected chi connectivity index (χ1v) is 9.44. The predicted octanol–water partition coefficient (Wildman–Crippen LogP) is 3.14. The third-order valence-corrected chi connectivity index (χ3v) is 5.42. The number of carbonyl (C=O) groups excluding carboxylic acids is 1. The first-order valence-electron chi connectivity index (χ1n) is 9.44. The van der Waals surface area contributed by atoms with Crippen LogP contribution in [0.1, 0.15) is 21.6 Å². The van der Waals surface area contributed by atoms with Crippen molar-refractivity contribution in [1.82, 2.24) is 19.7 Å². The van der Waals surface area contributed by atoms with E-state index in [4.69, 9.17) is 4.42 Å². The molecule has 3 heterocycles. The number of aryl methyl sites for hydroxylation is 1. The van der Waals surface area contributed by atoms with Crippen LogP contribution in [0, 0.1) is 17.5 Å². The van der Waals surface area contributed by atoms with Gasteiger partial charge in [0.25, 0.3) is 5.91 Å². The molecule has 0 spiro atoms. The van der Waals surface area contributed by atoms with Gasteiger partial charge in [-0.25, -0.2) is 18.0 Å². The largest absolute Gasteiger partial charge is 0.417 e. The summed E-state index contributed by atoms with van der Waals surface area (Å²) >= 11 is 0. The van der Waals surface area contributed by atoms with E-state index in [1.165, 1.54) is 4.68 Å². The smallest absolute Gasteiger partial charge is 0.407 e. The maximum atomic E-state index is 13.7. The lowest BCUT2D eigenvalue weighted by molar-refractivity contribution is 0.0733. The van der Waals surface area contributed by atoms with Crippen LogP contribution in [0.2, 0.25) is 0 Å². The normalized spacial score (nSPS) is 13.6. The second-order valence-corrected chi connectivity index (χ2v) is 7.32. The lowest BCUT2D eigenvalue weighted by Gasteiger charge is -2.26. The summed E-state index contributed by atoms with van der Waals surface area (Å²) in [5.41, 5.74) is 2.81. The molecule has 158 valence electrons. The molecule has 10 heteroatoms. The molecule has 1 amide bonds. The van der Waals surface area contributed by atoms with Crippen LogP contribution in [0.25, 0.3) is 22.4 Å². The summed E-state index contributed by atoms with van der Waals surface area (Å²) in [6.07, 6.45) is 0.387. The van der Waals surface area contributed by atoms with Gasteiger partial charge in [0, 0.05) is 24.7 Å². The van der Waals surface area contributed by atoms with Crippen LogP contribution < -0.4 is 5.76 Å². The van der Waals surface area contributed by atoms with E-state index in [9.17, 15) is 22.8 Å². The van der Waals surface area contributed by atoms with Crippen molar-refractivity contribution >= 4 is 17.0 Å². The van der Waals surface area contributed by atoms with Crippen LogP contribution in [0.15, 0.2) is 39.5 Å². The molecule has 0 unspecified atom stereocenters. The Morgan fingerprint density at radius 3 is 2.68 bits per heavy atom. The van der Waals surface area contributed by atoms with Crippen molar-refractivity contribution in [2.75, 3.05) is 6.54 Å². The fourth-order valence-electron chi connectivity index (χ4n) is 4.06. The zero-order chi connectivity index (χ0) is 21.9. The molecule has 5 rings (SSSR count). The predicted molar refractivity (Wildman–Crippen MR) is 104 cm³/mol. The summed E-state index contributed by atoms with van der Waals surface area (Å²) < 4.78 is 47.4. The van der Waals surface area contributed by atoms with Crippen molar-refractivity contribution in [3.63, 3.8) is 0 Å². The van der Waals surface area contributed by atoms with Gasteiger partial charge >= 0.3 is 5.76 Å². The van der Waals surface area contributed by atoms with Crippen molar-refractivity contribution in [3.8, 4) is 11.3 Å². The Balaban J connectivity index is 1.50. The molecule has 2 aromatic heterocycles. The Hall–Kier alpha value is -3.82. The zero-order valence-corrected chi connectivity index (χ0v) is 16.2. The minimum atomic E-state index is -1.53. The van der Waals surface area contributed by atoms with Crippen molar-refractivity contribution in [1.29, 1.82) is 0 Å². The molecule has 0 saturated heterocycles. The summed E-state index contributed by atoms with van der Waals surface area (Å²) in [6.45, 7) is 0.487. The number of carbonyl (C=O) groups is 1. The first-order chi connectivity index (χ1) is 14.8. The summed E-state index contributed by atoms with van der Waals surface area (Å²) in [7, 11) is 1.62. The maximum Gasteiger partial charge on any atom is 0.417 e. The van der Waals surface area contributed by atoms with Gasteiger partial charge in [-0.15, -0.1) is 0 Å². The number of nitrogens with zero attached hydrogens (tertiary/aromatic N) is 3. The molecule has 1 aliphatic rings. The van der Waals surface area contributed by atoms with E-state index in [2.05, 4.69) is 10.1 Å². The number of aromatic nitrogens is 3. The Bertz CT molecular complexity index is 1400. The minimum Gasteiger partial charge on any atom is -0.407 e. The first kappa shape index (κ1) is 19.2. The molecule has 0 radical (unpaired) electrons. The number of H-pyrrole nitrogens is 1. The Kier molecular flexibility index (Phi) is 4.24. The van der Waals surface area contributed by atoms with Gasteiger partial charge in [-0.05, 0) is 30.7 Å². The number of hydrogen-bond donors (Lipinski definition) is 1. The van der Waals surface area contributed by atoms with E-state index in [-0.39, 0.29) is 29.2 Å². The fraction of sp³-hybridized carbons (Fsp3) is 0.190. The molecule has 0 fully saturated rings. The SMILES string of the molecule is Cn1nc2c(c1-c1cc(F)c(F)c(F)c1)CCN(C(=O)c1cccc3[nH]c(=O)oc13)C2. The lowest BCUT2D eigenvalue weighted by Crippen LogP contribution is -2.36. The van der Waals surface area contributed by atoms with Gasteiger partial charge in [0.05, 0.1) is 29.0 Å². The summed E-state index contributed by atoms with van der Waals surface area (Å²) in [5.74, 6) is -5.06. The molecule has 0 atom stereocenters. The number of amides is 1. The monoisotopic (exact) mass is 428 g/mol. The lowest BCUT2D eigenvalue weighted by atomic mass is 9.99.